The third-order valence-electron chi connectivity index (χ3n) is 0.888. The van der Waals surface area contributed by atoms with Crippen molar-refractivity contribution in [3.63, 3.8) is 0 Å². The lowest BCUT2D eigenvalue weighted by molar-refractivity contribution is 0.831. The van der Waals surface area contributed by atoms with Crippen LogP contribution in [0.1, 0.15) is 20.3 Å². The van der Waals surface area contributed by atoms with Crippen molar-refractivity contribution in [3.05, 3.63) is 0 Å². The maximum atomic E-state index is 3.49. The summed E-state index contributed by atoms with van der Waals surface area (Å²) in [7, 11) is 0. The Kier molecular flexibility index (Phi) is 4.44. The van der Waals surface area contributed by atoms with E-state index in [9.17, 15) is 0 Å². The van der Waals surface area contributed by atoms with Crippen molar-refractivity contribution in [1.29, 1.82) is 0 Å². The molecule has 0 radical (unpaired) electrons. The molecule has 0 aromatic carbocycles. The second kappa shape index (κ2) is 3.90. The summed E-state index contributed by atoms with van der Waals surface area (Å²) in [4.78, 5) is 1.23. The standard InChI is InChI=1S/C5H10Br2/c1-3-5(7)4(2)6/h4-5H,3H2,1-2H3/t4?,5-/m0/s1. The first-order chi connectivity index (χ1) is 3.18. The molecule has 0 aliphatic rings. The molecule has 0 aliphatic heterocycles. The van der Waals surface area contributed by atoms with Crippen LogP contribution in [0.3, 0.4) is 0 Å². The van der Waals surface area contributed by atoms with Crippen LogP contribution in [-0.2, 0) is 0 Å². The molecule has 0 fully saturated rings. The van der Waals surface area contributed by atoms with Crippen LogP contribution in [0.2, 0.25) is 0 Å². The molecule has 0 bridgehead atoms. The van der Waals surface area contributed by atoms with Crippen molar-refractivity contribution in [2.24, 2.45) is 0 Å². The summed E-state index contributed by atoms with van der Waals surface area (Å²) in [6.07, 6.45) is 1.19. The minimum Gasteiger partial charge on any atom is -0.0882 e. The Labute approximate surface area is 61.9 Å². The van der Waals surface area contributed by atoms with Gasteiger partial charge >= 0.3 is 0 Å². The second-order valence-electron chi connectivity index (χ2n) is 1.60. The van der Waals surface area contributed by atoms with E-state index in [4.69, 9.17) is 0 Å². The van der Waals surface area contributed by atoms with Gasteiger partial charge in [-0.05, 0) is 6.42 Å². The lowest BCUT2D eigenvalue weighted by Crippen LogP contribution is -2.06. The highest BCUT2D eigenvalue weighted by atomic mass is 79.9. The molecule has 0 N–H and O–H groups in total. The topological polar surface area (TPSA) is 0 Å². The zero-order valence-corrected chi connectivity index (χ0v) is 7.79. The summed E-state index contributed by atoms with van der Waals surface area (Å²) < 4.78 is 0. The van der Waals surface area contributed by atoms with E-state index in [1.165, 1.54) is 6.42 Å². The highest BCUT2D eigenvalue weighted by Crippen LogP contribution is 2.15. The number of hydrogen-bond acceptors (Lipinski definition) is 0. The van der Waals surface area contributed by atoms with Crippen molar-refractivity contribution >= 4 is 31.9 Å². The Balaban J connectivity index is 3.14. The molecule has 44 valence electrons. The molecule has 0 saturated carbocycles. The third-order valence-corrected chi connectivity index (χ3v) is 3.68. The van der Waals surface area contributed by atoms with Gasteiger partial charge in [0.25, 0.3) is 0 Å². The summed E-state index contributed by atoms with van der Waals surface area (Å²) in [5.74, 6) is 0. The lowest BCUT2D eigenvalue weighted by Gasteiger charge is -2.06. The summed E-state index contributed by atoms with van der Waals surface area (Å²) in [6, 6.07) is 0. The van der Waals surface area contributed by atoms with Crippen LogP contribution < -0.4 is 0 Å². The Morgan fingerprint density at radius 3 is 1.86 bits per heavy atom. The minimum atomic E-state index is 0.595. The van der Waals surface area contributed by atoms with Crippen molar-refractivity contribution in [3.8, 4) is 0 Å². The number of alkyl halides is 2. The second-order valence-corrected chi connectivity index (χ2v) is 4.22. The zero-order valence-electron chi connectivity index (χ0n) is 4.62. The fourth-order valence-corrected chi connectivity index (χ4v) is 0.699. The normalized spacial score (nSPS) is 18.9. The van der Waals surface area contributed by atoms with E-state index in [0.29, 0.717) is 9.65 Å². The smallest absolute Gasteiger partial charge is 0.0265 e. The van der Waals surface area contributed by atoms with Gasteiger partial charge in [-0.1, -0.05) is 45.7 Å². The van der Waals surface area contributed by atoms with Crippen LogP contribution in [0.4, 0.5) is 0 Å². The molecule has 0 aromatic rings. The van der Waals surface area contributed by atoms with Crippen LogP contribution >= 0.6 is 31.9 Å². The Bertz CT molecular complexity index is 43.3. The molecule has 0 aromatic heterocycles. The SMILES string of the molecule is CC[C@H](Br)C(C)Br. The number of hydrogen-bond donors (Lipinski definition) is 0. The lowest BCUT2D eigenvalue weighted by atomic mass is 10.3. The molecule has 0 nitrogen and oxygen atoms in total. The molecule has 0 rings (SSSR count). The van der Waals surface area contributed by atoms with Gasteiger partial charge in [-0.15, -0.1) is 0 Å². The van der Waals surface area contributed by atoms with Gasteiger partial charge < -0.3 is 0 Å². The van der Waals surface area contributed by atoms with Crippen LogP contribution in [-0.4, -0.2) is 9.65 Å². The van der Waals surface area contributed by atoms with E-state index in [-0.39, 0.29) is 0 Å². The zero-order chi connectivity index (χ0) is 5.86. The fraction of sp³-hybridized carbons (Fsp3) is 1.00. The van der Waals surface area contributed by atoms with Crippen molar-refractivity contribution in [2.75, 3.05) is 0 Å². The average molecular weight is 230 g/mol. The molecule has 1 unspecified atom stereocenters. The molecular formula is C5H10Br2. The Morgan fingerprint density at radius 2 is 1.86 bits per heavy atom. The van der Waals surface area contributed by atoms with Crippen LogP contribution in [0, 0.1) is 0 Å². The van der Waals surface area contributed by atoms with E-state index in [1.807, 2.05) is 0 Å². The van der Waals surface area contributed by atoms with E-state index < -0.39 is 0 Å². The summed E-state index contributed by atoms with van der Waals surface area (Å²) >= 11 is 6.95. The highest BCUT2D eigenvalue weighted by Gasteiger charge is 2.05. The minimum absolute atomic E-state index is 0.595. The van der Waals surface area contributed by atoms with Gasteiger partial charge in [0.2, 0.25) is 0 Å². The van der Waals surface area contributed by atoms with Gasteiger partial charge in [-0.3, -0.25) is 0 Å². The van der Waals surface area contributed by atoms with Crippen LogP contribution in [0.15, 0.2) is 0 Å². The van der Waals surface area contributed by atoms with Crippen molar-refractivity contribution < 1.29 is 0 Å². The maximum absolute atomic E-state index is 3.49. The first kappa shape index (κ1) is 7.96. The van der Waals surface area contributed by atoms with E-state index in [0.717, 1.165) is 0 Å². The quantitative estimate of drug-likeness (QED) is 0.639. The summed E-state index contributed by atoms with van der Waals surface area (Å²) in [5.41, 5.74) is 0. The monoisotopic (exact) mass is 228 g/mol. The molecule has 2 heteroatoms. The van der Waals surface area contributed by atoms with Crippen molar-refractivity contribution in [1.82, 2.24) is 0 Å². The van der Waals surface area contributed by atoms with Crippen LogP contribution in [0.5, 0.6) is 0 Å². The fourth-order valence-electron chi connectivity index (χ4n) is 0.325. The van der Waals surface area contributed by atoms with E-state index in [2.05, 4.69) is 45.7 Å². The molecule has 0 amide bonds. The van der Waals surface area contributed by atoms with E-state index in [1.54, 1.807) is 0 Å². The molecule has 7 heavy (non-hydrogen) atoms. The molecular weight excluding hydrogens is 220 g/mol. The Morgan fingerprint density at radius 1 is 1.43 bits per heavy atom. The van der Waals surface area contributed by atoms with Crippen LogP contribution in [0.25, 0.3) is 0 Å². The van der Waals surface area contributed by atoms with Gasteiger partial charge in [0.1, 0.15) is 0 Å². The van der Waals surface area contributed by atoms with Gasteiger partial charge in [-0.2, -0.15) is 0 Å². The largest absolute Gasteiger partial charge is 0.0882 e. The first-order valence-corrected chi connectivity index (χ1v) is 4.29. The average Bonchev–Trinajstić information content (AvgIpc) is 1.65. The molecule has 0 spiro atoms. The van der Waals surface area contributed by atoms with E-state index >= 15 is 0 Å². The predicted octanol–water partition coefficient (Wildman–Crippen LogP) is 2.94. The molecule has 2 atom stereocenters. The summed E-state index contributed by atoms with van der Waals surface area (Å²) in [6.45, 7) is 4.31. The highest BCUT2D eigenvalue weighted by molar-refractivity contribution is 9.12. The Hall–Kier alpha value is 0.960. The molecule has 0 heterocycles. The summed E-state index contributed by atoms with van der Waals surface area (Å²) in [5, 5.41) is 0. The number of rotatable bonds is 2. The first-order valence-electron chi connectivity index (χ1n) is 2.46. The maximum Gasteiger partial charge on any atom is 0.0265 e. The number of halogens is 2. The molecule has 0 aliphatic carbocycles. The van der Waals surface area contributed by atoms with Gasteiger partial charge in [-0.25, -0.2) is 0 Å². The van der Waals surface area contributed by atoms with Gasteiger partial charge in [0, 0.05) is 9.65 Å². The predicted molar refractivity (Wildman–Crippen MR) is 41.4 cm³/mol. The van der Waals surface area contributed by atoms with Gasteiger partial charge in [0.15, 0.2) is 0 Å². The van der Waals surface area contributed by atoms with Crippen molar-refractivity contribution in [2.45, 2.75) is 29.9 Å². The van der Waals surface area contributed by atoms with Gasteiger partial charge in [0.05, 0.1) is 0 Å². The third kappa shape index (κ3) is 3.53. The molecule has 0 saturated heterocycles.